The molecule has 118 valence electrons. The van der Waals surface area contributed by atoms with E-state index in [9.17, 15) is 0 Å². The average Bonchev–Trinajstić information content (AvgIpc) is 2.50. The van der Waals surface area contributed by atoms with Crippen LogP contribution >= 0.6 is 0 Å². The number of unbranched alkanes of at least 4 members (excludes halogenated alkanes) is 1. The van der Waals surface area contributed by atoms with E-state index in [1.54, 1.807) is 5.01 Å². The summed E-state index contributed by atoms with van der Waals surface area (Å²) in [6.07, 6.45) is 5.02. The van der Waals surface area contributed by atoms with Crippen molar-refractivity contribution in [2.75, 3.05) is 30.6 Å². The summed E-state index contributed by atoms with van der Waals surface area (Å²) in [5, 5.41) is 5.02. The van der Waals surface area contributed by atoms with Crippen LogP contribution in [-0.2, 0) is 6.42 Å². The molecule has 0 atom stereocenters. The molecule has 0 amide bonds. The number of nitrogens with one attached hydrogen (secondary N) is 2. The summed E-state index contributed by atoms with van der Waals surface area (Å²) in [6.45, 7) is 2.20. The van der Waals surface area contributed by atoms with Crippen molar-refractivity contribution in [1.29, 1.82) is 0 Å². The molecular formula is C16H24N6. The Morgan fingerprint density at radius 3 is 2.41 bits per heavy atom. The van der Waals surface area contributed by atoms with Gasteiger partial charge in [0.25, 0.3) is 0 Å². The zero-order valence-corrected chi connectivity index (χ0v) is 13.4. The highest BCUT2D eigenvalue weighted by Crippen LogP contribution is 2.26. The van der Waals surface area contributed by atoms with E-state index in [0.29, 0.717) is 17.3 Å². The quantitative estimate of drug-likeness (QED) is 0.682. The Morgan fingerprint density at radius 1 is 1.09 bits per heavy atom. The minimum absolute atomic E-state index is 0.492. The lowest BCUT2D eigenvalue weighted by Crippen LogP contribution is -2.21. The largest absolute Gasteiger partial charge is 0.393 e. The minimum Gasteiger partial charge on any atom is -0.393 e. The topological polar surface area (TPSA) is 79.1 Å². The first-order valence-electron chi connectivity index (χ1n) is 7.50. The Hall–Kier alpha value is -2.34. The third kappa shape index (κ3) is 4.33. The normalized spacial score (nSPS) is 10.7. The number of rotatable bonds is 7. The van der Waals surface area contributed by atoms with E-state index >= 15 is 0 Å². The molecule has 6 nitrogen and oxygen atoms in total. The van der Waals surface area contributed by atoms with E-state index < -0.39 is 0 Å². The van der Waals surface area contributed by atoms with Crippen molar-refractivity contribution in [2.24, 2.45) is 0 Å². The number of hydrogen-bond donors (Lipinski definition) is 3. The van der Waals surface area contributed by atoms with Gasteiger partial charge in [0, 0.05) is 19.8 Å². The molecule has 0 bridgehead atoms. The minimum atomic E-state index is 0.492. The maximum atomic E-state index is 6.10. The molecule has 6 heteroatoms. The monoisotopic (exact) mass is 300 g/mol. The van der Waals surface area contributed by atoms with Crippen LogP contribution in [0.25, 0.3) is 0 Å². The van der Waals surface area contributed by atoms with Gasteiger partial charge in [-0.1, -0.05) is 25.5 Å². The van der Waals surface area contributed by atoms with Gasteiger partial charge in [-0.3, -0.25) is 0 Å². The van der Waals surface area contributed by atoms with Crippen LogP contribution in [0.3, 0.4) is 0 Å². The molecular weight excluding hydrogens is 276 g/mol. The second kappa shape index (κ2) is 7.61. The van der Waals surface area contributed by atoms with Crippen LogP contribution in [0.2, 0.25) is 0 Å². The lowest BCUT2D eigenvalue weighted by atomic mass is 10.1. The third-order valence-electron chi connectivity index (χ3n) is 3.25. The summed E-state index contributed by atoms with van der Waals surface area (Å²) in [5.74, 6) is 1.18. The predicted octanol–water partition coefficient (Wildman–Crippen LogP) is 3.03. The molecule has 1 aromatic carbocycles. The Morgan fingerprint density at radius 2 is 1.77 bits per heavy atom. The Kier molecular flexibility index (Phi) is 5.55. The van der Waals surface area contributed by atoms with Crippen molar-refractivity contribution in [3.05, 3.63) is 36.2 Å². The number of aromatic nitrogens is 2. The van der Waals surface area contributed by atoms with Gasteiger partial charge >= 0.3 is 0 Å². The van der Waals surface area contributed by atoms with E-state index in [0.717, 1.165) is 12.1 Å². The molecule has 22 heavy (non-hydrogen) atoms. The van der Waals surface area contributed by atoms with Crippen LogP contribution in [0, 0.1) is 0 Å². The fourth-order valence-corrected chi connectivity index (χ4v) is 2.07. The molecule has 0 aliphatic carbocycles. The molecule has 0 unspecified atom stereocenters. The van der Waals surface area contributed by atoms with E-state index in [1.165, 1.54) is 24.7 Å². The fraction of sp³-hybridized carbons (Fsp3) is 0.375. The summed E-state index contributed by atoms with van der Waals surface area (Å²) in [4.78, 5) is 8.35. The van der Waals surface area contributed by atoms with E-state index in [-0.39, 0.29) is 0 Å². The highest BCUT2D eigenvalue weighted by Gasteiger charge is 2.08. The fourth-order valence-electron chi connectivity index (χ4n) is 2.07. The van der Waals surface area contributed by atoms with Gasteiger partial charge in [-0.05, 0) is 30.5 Å². The first-order valence-corrected chi connectivity index (χ1v) is 7.50. The maximum absolute atomic E-state index is 6.10. The highest BCUT2D eigenvalue weighted by atomic mass is 15.5. The molecule has 0 aliphatic heterocycles. The summed E-state index contributed by atoms with van der Waals surface area (Å²) in [7, 11) is 3.76. The predicted molar refractivity (Wildman–Crippen MR) is 92.1 cm³/mol. The van der Waals surface area contributed by atoms with Crippen molar-refractivity contribution in [2.45, 2.75) is 26.2 Å². The number of aryl methyl sites for hydroxylation is 1. The summed E-state index contributed by atoms with van der Waals surface area (Å²) in [5.41, 5.74) is 11.9. The second-order valence-electron chi connectivity index (χ2n) is 5.42. The van der Waals surface area contributed by atoms with Gasteiger partial charge in [-0.25, -0.2) is 15.0 Å². The van der Waals surface area contributed by atoms with E-state index in [2.05, 4.69) is 39.8 Å². The van der Waals surface area contributed by atoms with Crippen LogP contribution in [0.15, 0.2) is 30.6 Å². The first-order chi connectivity index (χ1) is 10.6. The number of anilines is 4. The standard InChI is InChI=1S/C16H24N6/c1-4-5-6-12-7-9-13(10-8-12)20-15-14(17)16(19-11-18-15)21-22(2)3/h7-11H,4-6,17H2,1-3H3,(H2,18,19,20,21). The molecule has 4 N–H and O–H groups in total. The molecule has 2 aromatic rings. The van der Waals surface area contributed by atoms with Crippen LogP contribution in [0.5, 0.6) is 0 Å². The summed E-state index contributed by atoms with van der Waals surface area (Å²) < 4.78 is 0. The smallest absolute Gasteiger partial charge is 0.169 e. The summed E-state index contributed by atoms with van der Waals surface area (Å²) >= 11 is 0. The van der Waals surface area contributed by atoms with Crippen LogP contribution in [0.1, 0.15) is 25.3 Å². The number of hydrogen-bond acceptors (Lipinski definition) is 6. The van der Waals surface area contributed by atoms with Crippen molar-refractivity contribution in [3.8, 4) is 0 Å². The zero-order chi connectivity index (χ0) is 15.9. The van der Waals surface area contributed by atoms with Gasteiger partial charge < -0.3 is 16.5 Å². The second-order valence-corrected chi connectivity index (χ2v) is 5.42. The number of nitrogens with zero attached hydrogens (tertiary/aromatic N) is 3. The van der Waals surface area contributed by atoms with E-state index in [1.807, 2.05) is 26.2 Å². The average molecular weight is 300 g/mol. The lowest BCUT2D eigenvalue weighted by Gasteiger charge is -2.16. The van der Waals surface area contributed by atoms with Crippen molar-refractivity contribution >= 4 is 23.0 Å². The molecule has 0 saturated heterocycles. The molecule has 0 saturated carbocycles. The zero-order valence-electron chi connectivity index (χ0n) is 13.4. The number of nitrogens with two attached hydrogens (primary N) is 1. The van der Waals surface area contributed by atoms with Gasteiger partial charge in [0.05, 0.1) is 0 Å². The van der Waals surface area contributed by atoms with Gasteiger partial charge in [0.15, 0.2) is 11.6 Å². The van der Waals surface area contributed by atoms with Crippen LogP contribution < -0.4 is 16.5 Å². The molecule has 1 aromatic heterocycles. The van der Waals surface area contributed by atoms with Gasteiger partial charge in [0.1, 0.15) is 12.0 Å². The molecule has 0 spiro atoms. The molecule has 0 aliphatic rings. The lowest BCUT2D eigenvalue weighted by molar-refractivity contribution is 0.492. The highest BCUT2D eigenvalue weighted by molar-refractivity contribution is 5.77. The van der Waals surface area contributed by atoms with Gasteiger partial charge in [-0.15, -0.1) is 0 Å². The number of benzene rings is 1. The molecule has 1 heterocycles. The molecule has 0 fully saturated rings. The van der Waals surface area contributed by atoms with Gasteiger partial charge in [-0.2, -0.15) is 0 Å². The van der Waals surface area contributed by atoms with E-state index in [4.69, 9.17) is 5.73 Å². The van der Waals surface area contributed by atoms with Crippen molar-refractivity contribution in [3.63, 3.8) is 0 Å². The van der Waals surface area contributed by atoms with Crippen molar-refractivity contribution < 1.29 is 0 Å². The SMILES string of the molecule is CCCCc1ccc(Nc2ncnc(NN(C)C)c2N)cc1. The number of hydrazine groups is 1. The molecule has 2 rings (SSSR count). The van der Waals surface area contributed by atoms with Gasteiger partial charge in [0.2, 0.25) is 0 Å². The van der Waals surface area contributed by atoms with Crippen LogP contribution in [0.4, 0.5) is 23.0 Å². The summed E-state index contributed by atoms with van der Waals surface area (Å²) in [6, 6.07) is 8.36. The molecule has 0 radical (unpaired) electrons. The number of nitrogen functional groups attached to an aromatic ring is 1. The third-order valence-corrected chi connectivity index (χ3v) is 3.25. The Balaban J connectivity index is 2.10. The Labute approximate surface area is 131 Å². The first kappa shape index (κ1) is 16.0. The maximum Gasteiger partial charge on any atom is 0.169 e. The van der Waals surface area contributed by atoms with Crippen molar-refractivity contribution in [1.82, 2.24) is 15.0 Å². The Bertz CT molecular complexity index is 594. The van der Waals surface area contributed by atoms with Crippen LogP contribution in [-0.4, -0.2) is 29.1 Å².